The van der Waals surface area contributed by atoms with Crippen molar-refractivity contribution in [3.8, 4) is 0 Å². The SMILES string of the molecule is [AlH3].[H-].[H-].[La].[SiH3].[Sr+2]. The van der Waals surface area contributed by atoms with Gasteiger partial charge in [0.05, 0.1) is 0 Å². The molecule has 0 amide bonds. The minimum atomic E-state index is 0. The van der Waals surface area contributed by atoms with E-state index >= 15 is 0 Å². The first-order valence-corrected chi connectivity index (χ1v) is 0. The van der Waals surface area contributed by atoms with Crippen LogP contribution in [0.3, 0.4) is 0 Å². The molecule has 0 atom stereocenters. The molecule has 0 aliphatic carbocycles. The third-order valence-electron chi connectivity index (χ3n) is 0. The molecule has 0 aliphatic heterocycles. The van der Waals surface area contributed by atoms with Gasteiger partial charge in [-0.05, 0) is 11.0 Å². The maximum Gasteiger partial charge on any atom is 2.00 e. The zero-order valence-corrected chi connectivity index (χ0v) is 11.4. The number of rotatable bonds is 0. The van der Waals surface area contributed by atoms with E-state index in [9.17, 15) is 0 Å². The molecule has 4 heavy (non-hydrogen) atoms. The molecule has 0 bridgehead atoms. The molecule has 0 aliphatic rings. The molecule has 0 spiro atoms. The van der Waals surface area contributed by atoms with Crippen LogP contribution in [0.4, 0.5) is 0 Å². The van der Waals surface area contributed by atoms with Crippen LogP contribution in [-0.2, 0) is 0 Å². The van der Waals surface area contributed by atoms with Gasteiger partial charge in [-0.25, -0.2) is 0 Å². The molecule has 2 radical (unpaired) electrons. The van der Waals surface area contributed by atoms with Crippen molar-refractivity contribution in [2.75, 3.05) is 0 Å². The Labute approximate surface area is 109 Å². The zero-order chi connectivity index (χ0) is 0. The molecular formula is H8AlLaSiSr. The third-order valence-corrected chi connectivity index (χ3v) is 0. The Hall–Kier alpha value is 3.42. The molecule has 0 aromatic rings. The molecule has 0 N–H and O–H groups in total. The van der Waals surface area contributed by atoms with Gasteiger partial charge in [-0.2, -0.15) is 0 Å². The molecule has 0 saturated carbocycles. The van der Waals surface area contributed by atoms with Crippen LogP contribution in [0.5, 0.6) is 0 Å². The van der Waals surface area contributed by atoms with Gasteiger partial charge in [-0.3, -0.25) is 0 Å². The van der Waals surface area contributed by atoms with Crippen LogP contribution >= 0.6 is 0 Å². The van der Waals surface area contributed by atoms with Gasteiger partial charge in [-0.1, -0.05) is 0 Å². The molecule has 0 rings (SSSR count). The van der Waals surface area contributed by atoms with Gasteiger partial charge < -0.3 is 2.85 Å². The van der Waals surface area contributed by atoms with Gasteiger partial charge in [0.1, 0.15) is 0 Å². The number of hydrogen-bond donors (Lipinski definition) is 0. The summed E-state index contributed by atoms with van der Waals surface area (Å²) >= 11 is 0. The Balaban J connectivity index is 0. The van der Waals surface area contributed by atoms with Gasteiger partial charge >= 0.3 is 45.5 Å². The molecule has 20 valence electrons. The molecule has 0 saturated heterocycles. The average Bonchev–Trinajstić information content (AvgIpc) is 0. The minimum Gasteiger partial charge on any atom is -1.00 e. The Kier molecular flexibility index (Phi) is 105. The smallest absolute Gasteiger partial charge is 1.00 e. The summed E-state index contributed by atoms with van der Waals surface area (Å²) in [6.07, 6.45) is 0. The van der Waals surface area contributed by atoms with Crippen molar-refractivity contribution in [2.24, 2.45) is 0 Å². The topological polar surface area (TPSA) is 0 Å². The second-order valence-corrected chi connectivity index (χ2v) is 0. The van der Waals surface area contributed by atoms with Crippen molar-refractivity contribution in [2.45, 2.75) is 0 Å². The van der Waals surface area contributed by atoms with Crippen LogP contribution in [0.2, 0.25) is 0 Å². The first-order chi connectivity index (χ1) is 0. The van der Waals surface area contributed by atoms with E-state index in [1.54, 1.807) is 0 Å². The third kappa shape index (κ3) is 9.06. The van der Waals surface area contributed by atoms with Gasteiger partial charge in [-0.15, -0.1) is 0 Å². The summed E-state index contributed by atoms with van der Waals surface area (Å²) in [6.45, 7) is 0. The van der Waals surface area contributed by atoms with E-state index in [0.717, 1.165) is 0 Å². The molecule has 0 heterocycles. The predicted molar refractivity (Wildman–Crippen MR) is 27.9 cm³/mol. The molecule has 0 aromatic heterocycles. The van der Waals surface area contributed by atoms with Crippen LogP contribution in [0, 0.1) is 35.6 Å². The van der Waals surface area contributed by atoms with E-state index in [2.05, 4.69) is 0 Å². The Bertz CT molecular complexity index is 13.5. The number of hydrogen-bond acceptors (Lipinski definition) is 0. The Morgan fingerprint density at radius 2 is 1.25 bits per heavy atom. The van der Waals surface area contributed by atoms with Crippen molar-refractivity contribution < 1.29 is 38.5 Å². The maximum atomic E-state index is 0. The summed E-state index contributed by atoms with van der Waals surface area (Å²) in [6, 6.07) is 0. The predicted octanol–water partition coefficient (Wildman–Crippen LogP) is -2.52. The van der Waals surface area contributed by atoms with Crippen LogP contribution in [0.1, 0.15) is 2.85 Å². The van der Waals surface area contributed by atoms with E-state index < -0.39 is 0 Å². The molecule has 0 nitrogen and oxygen atoms in total. The molecular weight excluding hydrogens is 282 g/mol. The summed E-state index contributed by atoms with van der Waals surface area (Å²) in [4.78, 5) is 0. The van der Waals surface area contributed by atoms with Crippen molar-refractivity contribution in [1.29, 1.82) is 0 Å². The first kappa shape index (κ1) is 26.1. The van der Waals surface area contributed by atoms with Crippen molar-refractivity contribution in [3.05, 3.63) is 0 Å². The van der Waals surface area contributed by atoms with Gasteiger partial charge in [0.25, 0.3) is 0 Å². The fourth-order valence-electron chi connectivity index (χ4n) is 0. The van der Waals surface area contributed by atoms with Gasteiger partial charge in [0.2, 0.25) is 0 Å². The van der Waals surface area contributed by atoms with Crippen molar-refractivity contribution in [3.63, 3.8) is 0 Å². The monoisotopic (exact) mass is 290 g/mol. The fourth-order valence-corrected chi connectivity index (χ4v) is 0. The van der Waals surface area contributed by atoms with Crippen LogP contribution in [0.25, 0.3) is 0 Å². The van der Waals surface area contributed by atoms with Crippen LogP contribution in [0.15, 0.2) is 0 Å². The normalized spacial score (nSPS) is 0. The van der Waals surface area contributed by atoms with E-state index in [1.807, 2.05) is 0 Å². The van der Waals surface area contributed by atoms with E-state index in [4.69, 9.17) is 0 Å². The molecule has 0 aromatic carbocycles. The van der Waals surface area contributed by atoms with Gasteiger partial charge in [0.15, 0.2) is 17.4 Å². The minimum absolute atomic E-state index is 0. The van der Waals surface area contributed by atoms with E-state index in [0.29, 0.717) is 0 Å². The summed E-state index contributed by atoms with van der Waals surface area (Å²) < 4.78 is 0. The molecule has 4 heteroatoms. The summed E-state index contributed by atoms with van der Waals surface area (Å²) in [5.41, 5.74) is 0. The Morgan fingerprint density at radius 1 is 1.25 bits per heavy atom. The van der Waals surface area contributed by atoms with E-state index in [-0.39, 0.29) is 112 Å². The molecule has 0 unspecified atom stereocenters. The van der Waals surface area contributed by atoms with Gasteiger partial charge in [0, 0.05) is 35.6 Å². The largest absolute Gasteiger partial charge is 2.00 e. The quantitative estimate of drug-likeness (QED) is 0.432. The Morgan fingerprint density at radius 3 is 1.25 bits per heavy atom. The van der Waals surface area contributed by atoms with Crippen LogP contribution in [-0.4, -0.2) is 73.8 Å². The maximum absolute atomic E-state index is 0. The molecule has 0 fully saturated rings. The second-order valence-electron chi connectivity index (χ2n) is 0. The second kappa shape index (κ2) is 16.1. The van der Waals surface area contributed by atoms with Crippen LogP contribution < -0.4 is 0 Å². The summed E-state index contributed by atoms with van der Waals surface area (Å²) in [7, 11) is 0. The zero-order valence-electron chi connectivity index (χ0n) is 4.28. The fraction of sp³-hybridized carbons (Fsp3) is 0. The average molecular weight is 290 g/mol. The standard InChI is InChI=1S/Al.La.H3Si.Sr.5H/h;;1H3;;;;;;/q;;;+2;;;;2*-1. The van der Waals surface area contributed by atoms with E-state index in [1.165, 1.54) is 0 Å². The summed E-state index contributed by atoms with van der Waals surface area (Å²) in [5, 5.41) is 0. The summed E-state index contributed by atoms with van der Waals surface area (Å²) in [5.74, 6) is 0. The van der Waals surface area contributed by atoms with Crippen molar-refractivity contribution >= 4 is 73.8 Å². The first-order valence-electron chi connectivity index (χ1n) is 0. The van der Waals surface area contributed by atoms with Crippen molar-refractivity contribution in [1.82, 2.24) is 0 Å².